The predicted octanol–water partition coefficient (Wildman–Crippen LogP) is 1.07. The van der Waals surface area contributed by atoms with E-state index in [4.69, 9.17) is 21.3 Å². The Labute approximate surface area is 102 Å². The van der Waals surface area contributed by atoms with Crippen LogP contribution in [0, 0.1) is 3.76 Å². The maximum atomic E-state index is 10.6. The van der Waals surface area contributed by atoms with Crippen molar-refractivity contribution >= 4 is 22.2 Å². The van der Waals surface area contributed by atoms with Gasteiger partial charge in [0.1, 0.15) is 0 Å². The molecule has 0 aliphatic heterocycles. The van der Waals surface area contributed by atoms with Gasteiger partial charge in [-0.25, -0.2) is 0 Å². The molecule has 0 radical (unpaired) electrons. The molecule has 0 rings (SSSR count). The monoisotopic (exact) mass is 388 g/mol. The van der Waals surface area contributed by atoms with Gasteiger partial charge < -0.3 is 9.11 Å². The Balaban J connectivity index is -0.000000183. The first-order valence-corrected chi connectivity index (χ1v) is 5.25. The molecule has 0 aromatic rings. The van der Waals surface area contributed by atoms with Crippen molar-refractivity contribution < 1.29 is 64.8 Å². The van der Waals surface area contributed by atoms with E-state index in [0.717, 1.165) is 0 Å². The third-order valence-corrected chi connectivity index (χ3v) is 1.13. The van der Waals surface area contributed by atoms with Gasteiger partial charge in [0.25, 0.3) is 0 Å². The topological polar surface area (TPSA) is 104 Å². The summed E-state index contributed by atoms with van der Waals surface area (Å²) < 4.78 is 105. The standard InChI is InChI=1S/2CHF3O2S.Ag.HN/c2*2-1(3,4)7(5)6;;/h2*(H,5,6);;1H/p-2. The Morgan fingerprint density at radius 1 is 0.812 bits per heavy atom. The molecule has 0 saturated heterocycles. The zero-order valence-electron chi connectivity index (χ0n) is 6.52. The molecule has 14 heteroatoms. The van der Waals surface area contributed by atoms with Crippen molar-refractivity contribution in [1.82, 2.24) is 0 Å². The van der Waals surface area contributed by atoms with Crippen LogP contribution in [0.4, 0.5) is 26.3 Å². The van der Waals surface area contributed by atoms with Crippen molar-refractivity contribution in [1.29, 1.82) is 3.76 Å². The summed E-state index contributed by atoms with van der Waals surface area (Å²) in [5.41, 5.74) is -10.2. The third kappa shape index (κ3) is 16.8. The Kier molecular flexibility index (Phi) is 12.7. The van der Waals surface area contributed by atoms with Crippen LogP contribution in [0.5, 0.6) is 0 Å². The zero-order valence-corrected chi connectivity index (χ0v) is 9.63. The van der Waals surface area contributed by atoms with Crippen molar-refractivity contribution in [3.8, 4) is 0 Å². The number of hydrogen-bond donors (Lipinski definition) is 1. The molecule has 2 atom stereocenters. The molecule has 0 saturated carbocycles. The molecule has 0 spiro atoms. The second-order valence-corrected chi connectivity index (χ2v) is 3.23. The number of halogens is 6. The molecule has 16 heavy (non-hydrogen) atoms. The molecule has 5 nitrogen and oxygen atoms in total. The van der Waals surface area contributed by atoms with Crippen LogP contribution in [0.2, 0.25) is 0 Å². The van der Waals surface area contributed by atoms with Crippen LogP contribution in [0.1, 0.15) is 0 Å². The van der Waals surface area contributed by atoms with E-state index in [1.165, 1.54) is 0 Å². The van der Waals surface area contributed by atoms with Gasteiger partial charge >= 0.3 is 35.7 Å². The fraction of sp³-hybridized carbons (Fsp3) is 1.00. The van der Waals surface area contributed by atoms with Crippen LogP contribution in [-0.2, 0) is 43.1 Å². The minimum atomic E-state index is -5.08. The first-order valence-electron chi connectivity index (χ1n) is 2.36. The molecule has 0 heterocycles. The molecule has 0 fully saturated rings. The van der Waals surface area contributed by atoms with Crippen LogP contribution in [0.15, 0.2) is 0 Å². The average molecular weight is 389 g/mol. The Bertz CT molecular complexity index is 218. The summed E-state index contributed by atoms with van der Waals surface area (Å²) >= 11 is -5.67. The maximum absolute atomic E-state index is 10.6. The third-order valence-electron chi connectivity index (χ3n) is 0.378. The van der Waals surface area contributed by atoms with Crippen LogP contribution >= 0.6 is 0 Å². The van der Waals surface area contributed by atoms with Crippen LogP contribution in [-0.4, -0.2) is 28.5 Å². The molecule has 0 aliphatic rings. The molecule has 0 bridgehead atoms. The van der Waals surface area contributed by atoms with Crippen molar-refractivity contribution in [3.05, 3.63) is 0 Å². The predicted molar refractivity (Wildman–Crippen MR) is 32.7 cm³/mol. The Hall–Kier alpha value is 0.340. The molecular formula is C2HAgF6NO4S2-2. The van der Waals surface area contributed by atoms with Crippen molar-refractivity contribution in [2.75, 3.05) is 0 Å². The molecular weight excluding hydrogens is 388 g/mol. The summed E-state index contributed by atoms with van der Waals surface area (Å²) in [4.78, 5) is 0. The van der Waals surface area contributed by atoms with Gasteiger partial charge in [-0.05, 0) is 0 Å². The summed E-state index contributed by atoms with van der Waals surface area (Å²) in [6.45, 7) is 0. The van der Waals surface area contributed by atoms with Gasteiger partial charge in [0.05, 0.1) is 22.2 Å². The van der Waals surface area contributed by atoms with E-state index in [1.807, 2.05) is 0 Å². The average Bonchev–Trinajstić information content (AvgIpc) is 2.05. The SMILES string of the molecule is O=S([O-])C(F)(F)F.O=S([O-])C(F)(F)F.[NH]=[Ag]. The van der Waals surface area contributed by atoms with E-state index in [1.54, 1.807) is 0 Å². The second-order valence-electron chi connectivity index (χ2n) is 1.36. The van der Waals surface area contributed by atoms with Crippen molar-refractivity contribution in [2.45, 2.75) is 11.0 Å². The summed E-state index contributed by atoms with van der Waals surface area (Å²) in [5, 5.41) is 0. The first-order chi connectivity index (χ1) is 6.89. The van der Waals surface area contributed by atoms with E-state index in [0.29, 0.717) is 0 Å². The van der Waals surface area contributed by atoms with E-state index >= 15 is 0 Å². The van der Waals surface area contributed by atoms with E-state index in [-0.39, 0.29) is 0 Å². The van der Waals surface area contributed by atoms with E-state index in [2.05, 4.69) is 20.9 Å². The molecule has 0 aliphatic carbocycles. The van der Waals surface area contributed by atoms with Gasteiger partial charge in [-0.2, -0.15) is 26.3 Å². The number of hydrogen-bond acceptors (Lipinski definition) is 5. The van der Waals surface area contributed by atoms with Crippen molar-refractivity contribution in [3.63, 3.8) is 0 Å². The Morgan fingerprint density at radius 3 is 0.875 bits per heavy atom. The van der Waals surface area contributed by atoms with Crippen LogP contribution in [0.3, 0.4) is 0 Å². The van der Waals surface area contributed by atoms with Gasteiger partial charge in [-0.1, -0.05) is 0 Å². The van der Waals surface area contributed by atoms with E-state index < -0.39 is 33.2 Å². The van der Waals surface area contributed by atoms with Crippen molar-refractivity contribution in [2.24, 2.45) is 0 Å². The quantitative estimate of drug-likeness (QED) is 0.380. The summed E-state index contributed by atoms with van der Waals surface area (Å²) in [6.07, 6.45) is 0. The van der Waals surface area contributed by atoms with Gasteiger partial charge in [0.15, 0.2) is 0 Å². The fourth-order valence-corrected chi connectivity index (χ4v) is 0. The summed E-state index contributed by atoms with van der Waals surface area (Å²) in [6, 6.07) is 0. The van der Waals surface area contributed by atoms with Gasteiger partial charge in [-0.3, -0.25) is 8.42 Å². The van der Waals surface area contributed by atoms with E-state index in [9.17, 15) is 26.3 Å². The molecule has 2 unspecified atom stereocenters. The number of nitrogens with one attached hydrogen (secondary N) is 1. The Morgan fingerprint density at radius 2 is 0.875 bits per heavy atom. The van der Waals surface area contributed by atoms with Gasteiger partial charge in [-0.15, -0.1) is 0 Å². The molecule has 0 aromatic carbocycles. The zero-order chi connectivity index (χ0) is 14.2. The summed E-state index contributed by atoms with van der Waals surface area (Å²) in [7, 11) is 0. The minimum absolute atomic E-state index is 2.20. The molecule has 105 valence electrons. The first kappa shape index (κ1) is 21.6. The molecule has 1 N–H and O–H groups in total. The second kappa shape index (κ2) is 9.38. The number of rotatable bonds is 0. The molecule has 0 aromatic heterocycles. The fourth-order valence-electron chi connectivity index (χ4n) is 0. The number of alkyl halides is 6. The van der Waals surface area contributed by atoms with Gasteiger partial charge in [0.2, 0.25) is 0 Å². The van der Waals surface area contributed by atoms with Gasteiger partial charge in [0, 0.05) is 0 Å². The normalized spacial score (nSPS) is 14.9. The summed E-state index contributed by atoms with van der Waals surface area (Å²) in [5.74, 6) is 0. The van der Waals surface area contributed by atoms with Crippen LogP contribution in [0.25, 0.3) is 0 Å². The molecule has 0 amide bonds. The van der Waals surface area contributed by atoms with Crippen LogP contribution < -0.4 is 0 Å².